The monoisotopic (exact) mass is 431 g/mol. The molecule has 0 aromatic heterocycles. The Kier molecular flexibility index (Phi) is 5.97. The zero-order valence-corrected chi connectivity index (χ0v) is 16.9. The van der Waals surface area contributed by atoms with Gasteiger partial charge >= 0.3 is 6.18 Å². The molecule has 2 aromatic rings. The average molecular weight is 431 g/mol. The summed E-state index contributed by atoms with van der Waals surface area (Å²) in [5.41, 5.74) is 1.11. The second-order valence-electron chi connectivity index (χ2n) is 7.18. The molecule has 4 nitrogen and oxygen atoms in total. The molecule has 8 heteroatoms. The van der Waals surface area contributed by atoms with Crippen LogP contribution in [0.4, 0.5) is 13.2 Å². The van der Waals surface area contributed by atoms with Gasteiger partial charge in [0, 0.05) is 32.7 Å². The van der Waals surface area contributed by atoms with Crippen LogP contribution in [0.25, 0.3) is 6.08 Å². The summed E-state index contributed by atoms with van der Waals surface area (Å²) < 4.78 is 38.1. The quantitative estimate of drug-likeness (QED) is 0.671. The third kappa shape index (κ3) is 4.94. The predicted molar refractivity (Wildman–Crippen MR) is 113 cm³/mol. The summed E-state index contributed by atoms with van der Waals surface area (Å²) in [4.78, 5) is 21.3. The Morgan fingerprint density at radius 3 is 2.27 bits per heavy atom. The van der Waals surface area contributed by atoms with Gasteiger partial charge < -0.3 is 4.90 Å². The maximum absolute atomic E-state index is 12.7. The minimum absolute atomic E-state index is 0.346. The second kappa shape index (κ2) is 8.65. The van der Waals surface area contributed by atoms with Crippen LogP contribution >= 0.6 is 11.8 Å². The molecule has 0 atom stereocenters. The van der Waals surface area contributed by atoms with E-state index >= 15 is 0 Å². The van der Waals surface area contributed by atoms with E-state index in [0.717, 1.165) is 44.9 Å². The van der Waals surface area contributed by atoms with Gasteiger partial charge in [0.15, 0.2) is 5.17 Å². The van der Waals surface area contributed by atoms with Crippen molar-refractivity contribution in [2.24, 2.45) is 4.99 Å². The number of hydrogen-bond acceptors (Lipinski definition) is 4. The number of benzene rings is 2. The number of halogens is 3. The van der Waals surface area contributed by atoms with Gasteiger partial charge in [-0.25, -0.2) is 0 Å². The molecule has 30 heavy (non-hydrogen) atoms. The summed E-state index contributed by atoms with van der Waals surface area (Å²) in [6.45, 7) is 4.20. The third-order valence-electron chi connectivity index (χ3n) is 5.04. The summed E-state index contributed by atoms with van der Waals surface area (Å²) in [6, 6.07) is 15.1. The lowest BCUT2D eigenvalue weighted by Crippen LogP contribution is -2.47. The minimum Gasteiger partial charge on any atom is -0.348 e. The second-order valence-corrected chi connectivity index (χ2v) is 8.19. The molecule has 0 bridgehead atoms. The van der Waals surface area contributed by atoms with Gasteiger partial charge in [0.25, 0.3) is 5.91 Å². The van der Waals surface area contributed by atoms with E-state index in [-0.39, 0.29) is 5.91 Å². The Labute approximate surface area is 177 Å². The van der Waals surface area contributed by atoms with Gasteiger partial charge in [-0.2, -0.15) is 18.2 Å². The van der Waals surface area contributed by atoms with Crippen LogP contribution in [-0.4, -0.2) is 47.1 Å². The molecule has 0 N–H and O–H groups in total. The Morgan fingerprint density at radius 2 is 1.63 bits per heavy atom. The van der Waals surface area contributed by atoms with Crippen molar-refractivity contribution in [2.75, 3.05) is 26.2 Å². The van der Waals surface area contributed by atoms with Crippen LogP contribution in [0.1, 0.15) is 16.7 Å². The van der Waals surface area contributed by atoms with Crippen LogP contribution in [0.2, 0.25) is 0 Å². The number of alkyl halides is 3. The van der Waals surface area contributed by atoms with Crippen LogP contribution < -0.4 is 0 Å². The highest BCUT2D eigenvalue weighted by molar-refractivity contribution is 8.18. The molecule has 0 aliphatic carbocycles. The zero-order chi connectivity index (χ0) is 21.1. The van der Waals surface area contributed by atoms with Crippen LogP contribution in [-0.2, 0) is 17.5 Å². The van der Waals surface area contributed by atoms with E-state index in [2.05, 4.69) is 26.9 Å². The number of rotatable bonds is 3. The van der Waals surface area contributed by atoms with E-state index in [1.54, 1.807) is 6.08 Å². The number of thioether (sulfide) groups is 1. The Morgan fingerprint density at radius 1 is 0.967 bits per heavy atom. The molecule has 4 rings (SSSR count). The van der Waals surface area contributed by atoms with E-state index in [0.29, 0.717) is 15.6 Å². The van der Waals surface area contributed by atoms with Crippen LogP contribution in [0.5, 0.6) is 0 Å². The van der Waals surface area contributed by atoms with Crippen molar-refractivity contribution >= 4 is 28.9 Å². The van der Waals surface area contributed by atoms with E-state index in [1.165, 1.54) is 29.5 Å². The fraction of sp³-hybridized carbons (Fsp3) is 0.273. The fourth-order valence-electron chi connectivity index (χ4n) is 3.39. The van der Waals surface area contributed by atoms with E-state index in [1.807, 2.05) is 18.2 Å². The lowest BCUT2D eigenvalue weighted by Gasteiger charge is -2.35. The summed E-state index contributed by atoms with van der Waals surface area (Å²) in [7, 11) is 0. The van der Waals surface area contributed by atoms with Crippen molar-refractivity contribution in [1.82, 2.24) is 9.80 Å². The highest BCUT2D eigenvalue weighted by atomic mass is 32.2. The molecular weight excluding hydrogens is 411 g/mol. The molecule has 0 unspecified atom stereocenters. The average Bonchev–Trinajstić information content (AvgIpc) is 3.09. The molecule has 0 spiro atoms. The normalized spacial score (nSPS) is 19.4. The van der Waals surface area contributed by atoms with Crippen molar-refractivity contribution in [3.05, 3.63) is 76.2 Å². The van der Waals surface area contributed by atoms with Gasteiger partial charge in [-0.1, -0.05) is 42.5 Å². The van der Waals surface area contributed by atoms with Gasteiger partial charge in [-0.15, -0.1) is 0 Å². The number of piperazine rings is 1. The summed E-state index contributed by atoms with van der Waals surface area (Å²) in [5, 5.41) is 0.664. The molecular formula is C22H20F3N3OS. The molecule has 1 fully saturated rings. The number of amidine groups is 1. The molecule has 1 amide bonds. The summed E-state index contributed by atoms with van der Waals surface area (Å²) >= 11 is 1.28. The number of carbonyl (C=O) groups is 1. The highest BCUT2D eigenvalue weighted by Crippen LogP contribution is 2.32. The zero-order valence-electron chi connectivity index (χ0n) is 16.1. The largest absolute Gasteiger partial charge is 0.416 e. The molecule has 2 heterocycles. The standard InChI is InChI=1S/C22H20F3N3OS/c23-22(24,25)18-8-6-16(7-9-18)14-19-20(29)26-21(30-19)28-12-10-27(11-13-28)15-17-4-2-1-3-5-17/h1-9,14H,10-13,15H2. The van der Waals surface area contributed by atoms with E-state index in [4.69, 9.17) is 0 Å². The van der Waals surface area contributed by atoms with Gasteiger partial charge in [-0.05, 0) is 41.1 Å². The van der Waals surface area contributed by atoms with Gasteiger partial charge in [0.2, 0.25) is 0 Å². The van der Waals surface area contributed by atoms with Gasteiger partial charge in [-0.3, -0.25) is 9.69 Å². The predicted octanol–water partition coefficient (Wildman–Crippen LogP) is 4.49. The van der Waals surface area contributed by atoms with Crippen molar-refractivity contribution in [3.63, 3.8) is 0 Å². The maximum atomic E-state index is 12.7. The summed E-state index contributed by atoms with van der Waals surface area (Å²) in [6.07, 6.45) is -2.78. The van der Waals surface area contributed by atoms with Gasteiger partial charge in [0.05, 0.1) is 10.5 Å². The number of amides is 1. The van der Waals surface area contributed by atoms with Crippen LogP contribution in [0.3, 0.4) is 0 Å². The third-order valence-corrected chi connectivity index (χ3v) is 6.08. The smallest absolute Gasteiger partial charge is 0.348 e. The molecule has 156 valence electrons. The Bertz CT molecular complexity index is 963. The van der Waals surface area contributed by atoms with Crippen LogP contribution in [0, 0.1) is 0 Å². The van der Waals surface area contributed by atoms with Crippen molar-refractivity contribution in [1.29, 1.82) is 0 Å². The maximum Gasteiger partial charge on any atom is 0.416 e. The van der Waals surface area contributed by atoms with Crippen molar-refractivity contribution in [3.8, 4) is 0 Å². The highest BCUT2D eigenvalue weighted by Gasteiger charge is 2.30. The number of hydrogen-bond donors (Lipinski definition) is 0. The summed E-state index contributed by atoms with van der Waals surface area (Å²) in [5.74, 6) is -0.346. The number of aliphatic imine (C=N–C) groups is 1. The first kappa shape index (κ1) is 20.7. The molecule has 2 aliphatic rings. The first-order valence-corrected chi connectivity index (χ1v) is 10.4. The molecule has 2 aromatic carbocycles. The Balaban J connectivity index is 1.34. The first-order chi connectivity index (χ1) is 14.4. The van der Waals surface area contributed by atoms with Crippen molar-refractivity contribution < 1.29 is 18.0 Å². The van der Waals surface area contributed by atoms with Crippen LogP contribution in [0.15, 0.2) is 64.5 Å². The van der Waals surface area contributed by atoms with Gasteiger partial charge in [0.1, 0.15) is 0 Å². The van der Waals surface area contributed by atoms with E-state index in [9.17, 15) is 18.0 Å². The number of carbonyl (C=O) groups excluding carboxylic acids is 1. The fourth-order valence-corrected chi connectivity index (χ4v) is 4.36. The molecule has 2 aliphatic heterocycles. The SMILES string of the molecule is O=C1N=C(N2CCN(Cc3ccccc3)CC2)SC1=Cc1ccc(C(F)(F)F)cc1. The first-order valence-electron chi connectivity index (χ1n) is 9.59. The topological polar surface area (TPSA) is 35.9 Å². The minimum atomic E-state index is -4.37. The molecule has 0 saturated carbocycles. The molecule has 0 radical (unpaired) electrons. The lowest BCUT2D eigenvalue weighted by atomic mass is 10.1. The van der Waals surface area contributed by atoms with Crippen molar-refractivity contribution in [2.45, 2.75) is 12.7 Å². The molecule has 1 saturated heterocycles. The van der Waals surface area contributed by atoms with E-state index < -0.39 is 11.7 Å². The Hall–Kier alpha value is -2.58. The lowest BCUT2D eigenvalue weighted by molar-refractivity contribution is -0.137. The number of nitrogens with zero attached hydrogens (tertiary/aromatic N) is 3.